The third kappa shape index (κ3) is 2.59. The summed E-state index contributed by atoms with van der Waals surface area (Å²) in [5.41, 5.74) is 2.91. The molecule has 0 aromatic carbocycles. The van der Waals surface area contributed by atoms with E-state index in [2.05, 4.69) is 20.6 Å². The van der Waals surface area contributed by atoms with Gasteiger partial charge in [-0.1, -0.05) is 0 Å². The van der Waals surface area contributed by atoms with Crippen molar-refractivity contribution >= 4 is 16.9 Å². The summed E-state index contributed by atoms with van der Waals surface area (Å²) >= 11 is 0. The van der Waals surface area contributed by atoms with E-state index in [9.17, 15) is 4.79 Å². The number of ether oxygens (including phenoxy) is 1. The van der Waals surface area contributed by atoms with Gasteiger partial charge in [0.05, 0.1) is 25.7 Å². The Labute approximate surface area is 140 Å². The number of carbonyl (C=O) groups is 1. The van der Waals surface area contributed by atoms with Crippen molar-refractivity contribution in [2.75, 3.05) is 19.8 Å². The van der Waals surface area contributed by atoms with Gasteiger partial charge in [0, 0.05) is 43.3 Å². The van der Waals surface area contributed by atoms with Crippen LogP contribution in [0.1, 0.15) is 17.3 Å². The molecule has 6 heteroatoms. The Morgan fingerprint density at radius 3 is 3.17 bits per heavy atom. The minimum atomic E-state index is -0.0328. The Bertz CT molecular complexity index is 867. The molecule has 1 aliphatic rings. The Kier molecular flexibility index (Phi) is 3.82. The molecule has 1 amide bonds. The smallest absolute Gasteiger partial charge is 0.227 e. The maximum Gasteiger partial charge on any atom is 0.227 e. The molecule has 0 unspecified atom stereocenters. The Morgan fingerprint density at radius 2 is 2.33 bits per heavy atom. The van der Waals surface area contributed by atoms with E-state index in [-0.39, 0.29) is 11.9 Å². The zero-order chi connectivity index (χ0) is 16.5. The number of nitrogens with zero attached hydrogens (tertiary/aromatic N) is 3. The summed E-state index contributed by atoms with van der Waals surface area (Å²) in [4.78, 5) is 22.3. The number of morpholine rings is 1. The van der Waals surface area contributed by atoms with Crippen LogP contribution in [0.4, 0.5) is 0 Å². The van der Waals surface area contributed by atoms with Crippen LogP contribution in [-0.4, -0.2) is 45.1 Å². The van der Waals surface area contributed by atoms with Gasteiger partial charge in [0.25, 0.3) is 0 Å². The number of aromatic amines is 1. The first-order valence-corrected chi connectivity index (χ1v) is 8.13. The second-order valence-electron chi connectivity index (χ2n) is 6.11. The van der Waals surface area contributed by atoms with E-state index in [1.54, 1.807) is 6.20 Å². The number of fused-ring (bicyclic) bond motifs is 1. The molecule has 3 aromatic heterocycles. The lowest BCUT2D eigenvalue weighted by Gasteiger charge is -2.36. The van der Waals surface area contributed by atoms with Crippen molar-refractivity contribution in [3.05, 3.63) is 54.1 Å². The predicted octanol–water partition coefficient (Wildman–Crippen LogP) is 2.04. The average molecular weight is 324 g/mol. The third-order valence-corrected chi connectivity index (χ3v) is 4.65. The van der Waals surface area contributed by atoms with Gasteiger partial charge in [0.2, 0.25) is 5.91 Å². The van der Waals surface area contributed by atoms with Crippen molar-refractivity contribution in [1.29, 1.82) is 0 Å². The molecule has 124 valence electrons. The first kappa shape index (κ1) is 15.0. The Morgan fingerprint density at radius 1 is 1.42 bits per heavy atom. The number of rotatable bonds is 3. The Balaban J connectivity index is 1.59. The van der Waals surface area contributed by atoms with Crippen molar-refractivity contribution in [1.82, 2.24) is 19.4 Å². The van der Waals surface area contributed by atoms with Crippen LogP contribution in [0.2, 0.25) is 0 Å². The molecular formula is C18H20N4O2. The van der Waals surface area contributed by atoms with E-state index in [1.807, 2.05) is 42.5 Å². The van der Waals surface area contributed by atoms with Crippen molar-refractivity contribution in [2.45, 2.75) is 12.5 Å². The summed E-state index contributed by atoms with van der Waals surface area (Å²) in [6.45, 7) is 1.75. The fourth-order valence-corrected chi connectivity index (χ4v) is 3.39. The van der Waals surface area contributed by atoms with E-state index in [0.717, 1.165) is 22.3 Å². The average Bonchev–Trinajstić information content (AvgIpc) is 3.21. The predicted molar refractivity (Wildman–Crippen MR) is 90.5 cm³/mol. The lowest BCUT2D eigenvalue weighted by Crippen LogP contribution is -2.44. The first-order chi connectivity index (χ1) is 11.7. The third-order valence-electron chi connectivity index (χ3n) is 4.65. The fourth-order valence-electron chi connectivity index (χ4n) is 3.39. The summed E-state index contributed by atoms with van der Waals surface area (Å²) in [5, 5.41) is 1.01. The highest BCUT2D eigenvalue weighted by molar-refractivity contribution is 5.87. The van der Waals surface area contributed by atoms with Gasteiger partial charge in [0.1, 0.15) is 5.65 Å². The normalized spacial score (nSPS) is 18.2. The maximum atomic E-state index is 13.0. The van der Waals surface area contributed by atoms with Crippen LogP contribution in [0, 0.1) is 0 Å². The quantitative estimate of drug-likeness (QED) is 0.802. The van der Waals surface area contributed by atoms with E-state index in [4.69, 9.17) is 4.74 Å². The van der Waals surface area contributed by atoms with Crippen LogP contribution in [0.15, 0.2) is 42.9 Å². The molecule has 1 fully saturated rings. The number of H-pyrrole nitrogens is 1. The largest absolute Gasteiger partial charge is 0.377 e. The molecule has 0 bridgehead atoms. The molecule has 3 aromatic rings. The van der Waals surface area contributed by atoms with Gasteiger partial charge in [-0.25, -0.2) is 4.98 Å². The van der Waals surface area contributed by atoms with Crippen LogP contribution in [0.5, 0.6) is 0 Å². The number of amides is 1. The second-order valence-corrected chi connectivity index (χ2v) is 6.11. The maximum absolute atomic E-state index is 13.0. The molecule has 1 saturated heterocycles. The summed E-state index contributed by atoms with van der Waals surface area (Å²) in [6, 6.07) is 7.91. The summed E-state index contributed by atoms with van der Waals surface area (Å²) in [7, 11) is 2.00. The van der Waals surface area contributed by atoms with Gasteiger partial charge in [-0.05, 0) is 29.8 Å². The number of hydrogen-bond donors (Lipinski definition) is 1. The Hall–Kier alpha value is -2.60. The molecule has 0 radical (unpaired) electrons. The molecule has 6 nitrogen and oxygen atoms in total. The molecular weight excluding hydrogens is 304 g/mol. The monoisotopic (exact) mass is 324 g/mol. The molecule has 0 saturated carbocycles. The number of aryl methyl sites for hydroxylation is 1. The van der Waals surface area contributed by atoms with E-state index >= 15 is 0 Å². The number of pyridine rings is 1. The summed E-state index contributed by atoms with van der Waals surface area (Å²) < 4.78 is 7.67. The van der Waals surface area contributed by atoms with Crippen molar-refractivity contribution in [3.8, 4) is 0 Å². The number of aromatic nitrogens is 3. The van der Waals surface area contributed by atoms with Gasteiger partial charge in [-0.15, -0.1) is 0 Å². The SMILES string of the molecule is Cn1cccc1[C@H]1COCCN1C(=O)Cc1c[nH]c2ncccc12. The molecule has 1 aliphatic heterocycles. The molecule has 4 heterocycles. The summed E-state index contributed by atoms with van der Waals surface area (Å²) in [6.07, 6.45) is 6.00. The van der Waals surface area contributed by atoms with Crippen LogP contribution in [-0.2, 0) is 23.0 Å². The van der Waals surface area contributed by atoms with E-state index < -0.39 is 0 Å². The number of nitrogens with one attached hydrogen (secondary N) is 1. The van der Waals surface area contributed by atoms with Crippen molar-refractivity contribution < 1.29 is 9.53 Å². The van der Waals surface area contributed by atoms with Crippen molar-refractivity contribution in [2.24, 2.45) is 7.05 Å². The minimum absolute atomic E-state index is 0.0328. The lowest BCUT2D eigenvalue weighted by molar-refractivity contribution is -0.139. The molecule has 0 aliphatic carbocycles. The van der Waals surface area contributed by atoms with Gasteiger partial charge in [-0.3, -0.25) is 4.79 Å². The number of carbonyl (C=O) groups excluding carboxylic acids is 1. The number of hydrogen-bond acceptors (Lipinski definition) is 3. The molecule has 24 heavy (non-hydrogen) atoms. The molecule has 1 N–H and O–H groups in total. The first-order valence-electron chi connectivity index (χ1n) is 8.13. The van der Waals surface area contributed by atoms with Crippen LogP contribution >= 0.6 is 0 Å². The fraction of sp³-hybridized carbons (Fsp3) is 0.333. The van der Waals surface area contributed by atoms with Crippen LogP contribution < -0.4 is 0 Å². The van der Waals surface area contributed by atoms with Crippen LogP contribution in [0.3, 0.4) is 0 Å². The zero-order valence-corrected chi connectivity index (χ0v) is 13.6. The zero-order valence-electron chi connectivity index (χ0n) is 13.6. The molecule has 4 rings (SSSR count). The van der Waals surface area contributed by atoms with E-state index in [0.29, 0.717) is 26.2 Å². The summed E-state index contributed by atoms with van der Waals surface area (Å²) in [5.74, 6) is 0.120. The lowest BCUT2D eigenvalue weighted by atomic mass is 10.1. The van der Waals surface area contributed by atoms with E-state index in [1.165, 1.54) is 0 Å². The van der Waals surface area contributed by atoms with Gasteiger partial charge >= 0.3 is 0 Å². The highest BCUT2D eigenvalue weighted by Crippen LogP contribution is 2.26. The standard InChI is InChI=1S/C18H20N4O2/c1-21-7-3-5-15(21)16-12-24-9-8-22(16)17(23)10-13-11-20-18-14(13)4-2-6-19-18/h2-7,11,16H,8-10,12H2,1H3,(H,19,20)/t16-/m1/s1. The minimum Gasteiger partial charge on any atom is -0.377 e. The van der Waals surface area contributed by atoms with Gasteiger partial charge in [-0.2, -0.15) is 0 Å². The van der Waals surface area contributed by atoms with Gasteiger partial charge < -0.3 is 19.2 Å². The molecule has 1 atom stereocenters. The topological polar surface area (TPSA) is 63.1 Å². The van der Waals surface area contributed by atoms with Gasteiger partial charge in [0.15, 0.2) is 0 Å². The van der Waals surface area contributed by atoms with Crippen molar-refractivity contribution in [3.63, 3.8) is 0 Å². The molecule has 0 spiro atoms. The highest BCUT2D eigenvalue weighted by Gasteiger charge is 2.30. The van der Waals surface area contributed by atoms with Crippen LogP contribution in [0.25, 0.3) is 11.0 Å². The second kappa shape index (κ2) is 6.13. The highest BCUT2D eigenvalue weighted by atomic mass is 16.5.